The van der Waals surface area contributed by atoms with Crippen LogP contribution in [0.3, 0.4) is 0 Å². The molecule has 0 bridgehead atoms. The maximum atomic E-state index is 5.82. The summed E-state index contributed by atoms with van der Waals surface area (Å²) in [5, 5.41) is 0. The van der Waals surface area contributed by atoms with Crippen LogP contribution in [0.2, 0.25) is 0 Å². The Balaban J connectivity index is 1.92. The number of rotatable bonds is 6. The highest BCUT2D eigenvalue weighted by Crippen LogP contribution is 2.27. The third-order valence-electron chi connectivity index (χ3n) is 3.29. The largest absolute Gasteiger partial charge is 0.399 e. The van der Waals surface area contributed by atoms with Gasteiger partial charge < -0.3 is 10.6 Å². The SMILES string of the molecule is C=CCCCC=CCN1CC=Cc2cc(N)ccc21. The topological polar surface area (TPSA) is 29.3 Å². The summed E-state index contributed by atoms with van der Waals surface area (Å²) in [6.07, 6.45) is 14.2. The number of anilines is 2. The van der Waals surface area contributed by atoms with Gasteiger partial charge in [0.15, 0.2) is 0 Å². The summed E-state index contributed by atoms with van der Waals surface area (Å²) in [7, 11) is 0. The van der Waals surface area contributed by atoms with Gasteiger partial charge in [-0.15, -0.1) is 6.58 Å². The van der Waals surface area contributed by atoms with Gasteiger partial charge in [0.05, 0.1) is 0 Å². The van der Waals surface area contributed by atoms with Crippen LogP contribution in [0, 0.1) is 0 Å². The van der Waals surface area contributed by atoms with Gasteiger partial charge in [-0.3, -0.25) is 0 Å². The molecule has 19 heavy (non-hydrogen) atoms. The van der Waals surface area contributed by atoms with Gasteiger partial charge in [0.25, 0.3) is 0 Å². The number of allylic oxidation sites excluding steroid dienone is 2. The number of nitrogens with zero attached hydrogens (tertiary/aromatic N) is 1. The zero-order valence-corrected chi connectivity index (χ0v) is 11.4. The van der Waals surface area contributed by atoms with E-state index in [9.17, 15) is 0 Å². The summed E-state index contributed by atoms with van der Waals surface area (Å²) in [4.78, 5) is 2.36. The van der Waals surface area contributed by atoms with Crippen molar-refractivity contribution >= 4 is 17.5 Å². The van der Waals surface area contributed by atoms with E-state index < -0.39 is 0 Å². The predicted molar refractivity (Wildman–Crippen MR) is 85.3 cm³/mol. The fourth-order valence-corrected chi connectivity index (χ4v) is 2.27. The maximum absolute atomic E-state index is 5.82. The molecule has 0 saturated heterocycles. The lowest BCUT2D eigenvalue weighted by Crippen LogP contribution is -2.26. The average Bonchev–Trinajstić information content (AvgIpc) is 2.42. The number of hydrogen-bond acceptors (Lipinski definition) is 2. The Kier molecular flexibility index (Phi) is 4.85. The highest BCUT2D eigenvalue weighted by Gasteiger charge is 2.11. The first-order valence-corrected chi connectivity index (χ1v) is 6.88. The molecule has 2 N–H and O–H groups in total. The molecule has 0 fully saturated rings. The van der Waals surface area contributed by atoms with Gasteiger partial charge in [0.1, 0.15) is 0 Å². The molecule has 1 aliphatic heterocycles. The van der Waals surface area contributed by atoms with Gasteiger partial charge >= 0.3 is 0 Å². The minimum atomic E-state index is 0.824. The zero-order chi connectivity index (χ0) is 13.5. The molecule has 1 aliphatic rings. The molecule has 2 nitrogen and oxygen atoms in total. The van der Waals surface area contributed by atoms with E-state index in [0.717, 1.165) is 31.6 Å². The molecule has 1 aromatic carbocycles. The Labute approximate surface area is 115 Å². The second-order valence-electron chi connectivity index (χ2n) is 4.82. The molecule has 0 aliphatic carbocycles. The fourth-order valence-electron chi connectivity index (χ4n) is 2.27. The first kappa shape index (κ1) is 13.5. The van der Waals surface area contributed by atoms with E-state index >= 15 is 0 Å². The van der Waals surface area contributed by atoms with Crippen molar-refractivity contribution in [2.75, 3.05) is 23.7 Å². The van der Waals surface area contributed by atoms with Crippen LogP contribution in [-0.2, 0) is 0 Å². The second-order valence-corrected chi connectivity index (χ2v) is 4.82. The van der Waals surface area contributed by atoms with E-state index in [-0.39, 0.29) is 0 Å². The normalized spacial score (nSPS) is 13.8. The van der Waals surface area contributed by atoms with Gasteiger partial charge in [-0.25, -0.2) is 0 Å². The maximum Gasteiger partial charge on any atom is 0.0446 e. The molecule has 0 unspecified atom stereocenters. The van der Waals surface area contributed by atoms with Crippen LogP contribution in [0.15, 0.2) is 49.1 Å². The third-order valence-corrected chi connectivity index (χ3v) is 3.29. The smallest absolute Gasteiger partial charge is 0.0446 e. The molecule has 0 radical (unpaired) electrons. The fraction of sp³-hybridized carbons (Fsp3) is 0.294. The van der Waals surface area contributed by atoms with Crippen molar-refractivity contribution < 1.29 is 0 Å². The van der Waals surface area contributed by atoms with E-state index in [0.29, 0.717) is 0 Å². The van der Waals surface area contributed by atoms with Crippen LogP contribution in [-0.4, -0.2) is 13.1 Å². The lowest BCUT2D eigenvalue weighted by atomic mass is 10.1. The molecule has 0 aromatic heterocycles. The highest BCUT2D eigenvalue weighted by molar-refractivity contribution is 5.74. The Morgan fingerprint density at radius 2 is 2.16 bits per heavy atom. The highest BCUT2D eigenvalue weighted by atomic mass is 15.1. The van der Waals surface area contributed by atoms with Crippen molar-refractivity contribution in [1.29, 1.82) is 0 Å². The Morgan fingerprint density at radius 1 is 1.26 bits per heavy atom. The Bertz CT molecular complexity index is 486. The molecular weight excluding hydrogens is 232 g/mol. The van der Waals surface area contributed by atoms with Crippen LogP contribution in [0.25, 0.3) is 6.08 Å². The van der Waals surface area contributed by atoms with E-state index in [1.807, 2.05) is 18.2 Å². The van der Waals surface area contributed by atoms with Gasteiger partial charge in [-0.05, 0) is 43.0 Å². The van der Waals surface area contributed by atoms with E-state index in [1.54, 1.807) is 0 Å². The third kappa shape index (κ3) is 3.75. The summed E-state index contributed by atoms with van der Waals surface area (Å²) in [6, 6.07) is 6.12. The van der Waals surface area contributed by atoms with Crippen molar-refractivity contribution in [3.8, 4) is 0 Å². The first-order valence-electron chi connectivity index (χ1n) is 6.88. The van der Waals surface area contributed by atoms with E-state index in [2.05, 4.69) is 41.8 Å². The summed E-state index contributed by atoms with van der Waals surface area (Å²) in [6.45, 7) is 5.65. The van der Waals surface area contributed by atoms with Gasteiger partial charge in [0.2, 0.25) is 0 Å². The molecule has 0 spiro atoms. The predicted octanol–water partition coefficient (Wildman–Crippen LogP) is 4.01. The molecular formula is C17H22N2. The number of nitrogens with two attached hydrogens (primary N) is 1. The summed E-state index contributed by atoms with van der Waals surface area (Å²) in [5.74, 6) is 0. The van der Waals surface area contributed by atoms with Crippen LogP contribution >= 0.6 is 0 Å². The molecule has 0 atom stereocenters. The standard InChI is InChI=1S/C17H22N2/c1-2-3-4-5-6-7-12-19-13-8-9-15-14-16(18)10-11-17(15)19/h2,6-11,14H,1,3-5,12-13,18H2. The lowest BCUT2D eigenvalue weighted by molar-refractivity contribution is 0.862. The van der Waals surface area contributed by atoms with Gasteiger partial charge in [0, 0.05) is 24.5 Å². The van der Waals surface area contributed by atoms with Gasteiger partial charge in [-0.2, -0.15) is 0 Å². The van der Waals surface area contributed by atoms with Crippen LogP contribution in [0.1, 0.15) is 24.8 Å². The molecule has 1 heterocycles. The quantitative estimate of drug-likeness (QED) is 0.472. The van der Waals surface area contributed by atoms with Crippen molar-refractivity contribution in [2.45, 2.75) is 19.3 Å². The monoisotopic (exact) mass is 254 g/mol. The molecule has 2 heteroatoms. The Morgan fingerprint density at radius 3 is 3.00 bits per heavy atom. The van der Waals surface area contributed by atoms with Crippen molar-refractivity contribution in [3.05, 3.63) is 54.6 Å². The number of fused-ring (bicyclic) bond motifs is 1. The van der Waals surface area contributed by atoms with Crippen LogP contribution in [0.4, 0.5) is 11.4 Å². The number of nitrogen functional groups attached to an aromatic ring is 1. The second kappa shape index (κ2) is 6.83. The lowest BCUT2D eigenvalue weighted by Gasteiger charge is -2.27. The van der Waals surface area contributed by atoms with Crippen molar-refractivity contribution in [3.63, 3.8) is 0 Å². The molecule has 0 amide bonds. The van der Waals surface area contributed by atoms with Crippen molar-refractivity contribution in [1.82, 2.24) is 0 Å². The summed E-state index contributed by atoms with van der Waals surface area (Å²) in [5.41, 5.74) is 9.13. The molecule has 100 valence electrons. The minimum Gasteiger partial charge on any atom is -0.399 e. The van der Waals surface area contributed by atoms with Crippen LogP contribution in [0.5, 0.6) is 0 Å². The number of hydrogen-bond donors (Lipinski definition) is 1. The average molecular weight is 254 g/mol. The number of unbranched alkanes of at least 4 members (excludes halogenated alkanes) is 2. The minimum absolute atomic E-state index is 0.824. The molecule has 2 rings (SSSR count). The first-order chi connectivity index (χ1) is 9.31. The summed E-state index contributed by atoms with van der Waals surface area (Å²) < 4.78 is 0. The van der Waals surface area contributed by atoms with E-state index in [1.165, 1.54) is 17.7 Å². The zero-order valence-electron chi connectivity index (χ0n) is 11.4. The van der Waals surface area contributed by atoms with Crippen molar-refractivity contribution in [2.24, 2.45) is 0 Å². The van der Waals surface area contributed by atoms with Crippen LogP contribution < -0.4 is 10.6 Å². The van der Waals surface area contributed by atoms with E-state index in [4.69, 9.17) is 5.73 Å². The Hall–Kier alpha value is -1.96. The molecule has 1 aromatic rings. The summed E-state index contributed by atoms with van der Waals surface area (Å²) >= 11 is 0. The number of benzene rings is 1. The molecule has 0 saturated carbocycles. The van der Waals surface area contributed by atoms with Gasteiger partial charge in [-0.1, -0.05) is 30.4 Å².